The molecule has 0 saturated heterocycles. The quantitative estimate of drug-likeness (QED) is 0.0222. The summed E-state index contributed by atoms with van der Waals surface area (Å²) in [6.45, 7) is 12.1. The normalized spacial score (nSPS) is 14.2. The van der Waals surface area contributed by atoms with Crippen molar-refractivity contribution in [2.24, 2.45) is 17.8 Å². The highest BCUT2D eigenvalue weighted by Crippen LogP contribution is 2.45. The molecule has 0 radical (unpaired) electrons. The number of carbonyl (C=O) groups is 4. The number of hydrogen-bond donors (Lipinski definition) is 3. The lowest BCUT2D eigenvalue weighted by Crippen LogP contribution is -2.30. The maximum absolute atomic E-state index is 13.1. The van der Waals surface area contributed by atoms with Crippen LogP contribution in [-0.2, 0) is 65.4 Å². The van der Waals surface area contributed by atoms with Gasteiger partial charge in [0, 0.05) is 25.7 Å². The summed E-state index contributed by atoms with van der Waals surface area (Å²) in [5.41, 5.74) is 0. The van der Waals surface area contributed by atoms with Crippen LogP contribution >= 0.6 is 15.6 Å². The van der Waals surface area contributed by atoms with Gasteiger partial charge in [-0.3, -0.25) is 37.3 Å². The van der Waals surface area contributed by atoms with Gasteiger partial charge in [0.2, 0.25) is 0 Å². The third-order valence-electron chi connectivity index (χ3n) is 20.2. The molecule has 0 aliphatic rings. The lowest BCUT2D eigenvalue weighted by atomic mass is 9.99. The van der Waals surface area contributed by atoms with Crippen LogP contribution in [0.4, 0.5) is 0 Å². The molecule has 6 atom stereocenters. The summed E-state index contributed by atoms with van der Waals surface area (Å²) in [6.07, 6.45) is 65.1. The first kappa shape index (κ1) is 102. The van der Waals surface area contributed by atoms with Gasteiger partial charge in [-0.05, 0) is 43.4 Å². The fourth-order valence-corrected chi connectivity index (χ4v) is 14.7. The first-order chi connectivity index (χ1) is 50.3. The molecule has 0 fully saturated rings. The van der Waals surface area contributed by atoms with E-state index in [9.17, 15) is 43.2 Å². The van der Waals surface area contributed by atoms with E-state index in [0.717, 1.165) is 108 Å². The molecule has 0 amide bonds. The minimum Gasteiger partial charge on any atom is -0.462 e. The molecule has 0 aromatic carbocycles. The summed E-state index contributed by atoms with van der Waals surface area (Å²) in [6, 6.07) is 0. The average molecular weight is 1520 g/mol. The zero-order valence-corrected chi connectivity index (χ0v) is 70.3. The number of phosphoric ester groups is 2. The van der Waals surface area contributed by atoms with E-state index in [4.69, 9.17) is 37.0 Å². The van der Waals surface area contributed by atoms with Gasteiger partial charge in [0.25, 0.3) is 0 Å². The molecular weight excluding hydrogens is 1350 g/mol. The molecule has 0 saturated carbocycles. The molecule has 17 nitrogen and oxygen atoms in total. The lowest BCUT2D eigenvalue weighted by molar-refractivity contribution is -0.161. The number of unbranched alkanes of at least 4 members (excludes halogenated alkanes) is 50. The molecular formula is C85H166O17P2. The second-order valence-corrected chi connectivity index (χ2v) is 34.7. The maximum atomic E-state index is 13.1. The summed E-state index contributed by atoms with van der Waals surface area (Å²) >= 11 is 0. The molecule has 19 heteroatoms. The Morgan fingerprint density at radius 1 is 0.279 bits per heavy atom. The van der Waals surface area contributed by atoms with Crippen LogP contribution < -0.4 is 0 Å². The number of ether oxygens (including phenoxy) is 4. The van der Waals surface area contributed by atoms with Gasteiger partial charge in [0.1, 0.15) is 19.3 Å². The molecule has 3 N–H and O–H groups in total. The van der Waals surface area contributed by atoms with Gasteiger partial charge in [0.05, 0.1) is 26.4 Å². The first-order valence-corrected chi connectivity index (χ1v) is 46.9. The topological polar surface area (TPSA) is 237 Å². The van der Waals surface area contributed by atoms with E-state index in [0.29, 0.717) is 25.7 Å². The van der Waals surface area contributed by atoms with E-state index in [1.807, 2.05) is 0 Å². The number of aliphatic hydroxyl groups is 1. The molecule has 0 aromatic rings. The standard InChI is InChI=1S/C85H166O17P2/c1-8-10-11-12-13-14-38-45-52-59-66-82(87)95-72-80(101-85(90)69-62-55-48-41-34-28-27-30-36-43-50-57-64-77(5)6)74-99-103(91,92)97-70-79(86)71-98-104(93,94)100-75-81(73-96-83(88)67-60-53-46-39-32-25-22-21-24-31-37-44-51-58-65-78(7)9-2)102-84(89)68-61-54-47-40-33-26-20-18-16-15-17-19-23-29-35-42-49-56-63-76(3)4/h76-81,86H,8-75H2,1-7H3,(H,91,92)(H,93,94)/t78?,79-,80+,81+/m0/s1. The fourth-order valence-electron chi connectivity index (χ4n) is 13.2. The van der Waals surface area contributed by atoms with Crippen LogP contribution in [-0.4, -0.2) is 96.7 Å². The summed E-state index contributed by atoms with van der Waals surface area (Å²) < 4.78 is 68.8. The summed E-state index contributed by atoms with van der Waals surface area (Å²) in [7, 11) is -9.93. The Hall–Kier alpha value is -1.94. The predicted molar refractivity (Wildman–Crippen MR) is 428 cm³/mol. The maximum Gasteiger partial charge on any atom is 0.472 e. The smallest absolute Gasteiger partial charge is 0.462 e. The van der Waals surface area contributed by atoms with Gasteiger partial charge in [-0.25, -0.2) is 9.13 Å². The summed E-state index contributed by atoms with van der Waals surface area (Å²) in [5.74, 6) is 0.342. The summed E-state index contributed by atoms with van der Waals surface area (Å²) in [5, 5.41) is 10.7. The first-order valence-electron chi connectivity index (χ1n) is 43.9. The van der Waals surface area contributed by atoms with Crippen LogP contribution in [0.1, 0.15) is 447 Å². The van der Waals surface area contributed by atoms with Crippen LogP contribution in [0.15, 0.2) is 0 Å². The van der Waals surface area contributed by atoms with Crippen LogP contribution in [0.2, 0.25) is 0 Å². The highest BCUT2D eigenvalue weighted by Gasteiger charge is 2.30. The number of hydrogen-bond acceptors (Lipinski definition) is 15. The van der Waals surface area contributed by atoms with E-state index in [-0.39, 0.29) is 25.7 Å². The third kappa shape index (κ3) is 76.8. The van der Waals surface area contributed by atoms with E-state index in [1.54, 1.807) is 0 Å². The van der Waals surface area contributed by atoms with Gasteiger partial charge in [-0.15, -0.1) is 0 Å². The number of rotatable bonds is 83. The van der Waals surface area contributed by atoms with Crippen LogP contribution in [0.3, 0.4) is 0 Å². The van der Waals surface area contributed by atoms with Crippen molar-refractivity contribution in [3.63, 3.8) is 0 Å². The molecule has 0 bridgehead atoms. The van der Waals surface area contributed by atoms with E-state index >= 15 is 0 Å². The minimum absolute atomic E-state index is 0.107. The van der Waals surface area contributed by atoms with Crippen LogP contribution in [0.5, 0.6) is 0 Å². The minimum atomic E-state index is -4.97. The second kappa shape index (κ2) is 75.1. The van der Waals surface area contributed by atoms with Gasteiger partial charge >= 0.3 is 39.5 Å². The largest absolute Gasteiger partial charge is 0.472 e. The van der Waals surface area contributed by atoms with Gasteiger partial charge in [-0.1, -0.05) is 395 Å². The Morgan fingerprint density at radius 2 is 0.490 bits per heavy atom. The Morgan fingerprint density at radius 3 is 0.731 bits per heavy atom. The van der Waals surface area contributed by atoms with Crippen LogP contribution in [0.25, 0.3) is 0 Å². The summed E-state index contributed by atoms with van der Waals surface area (Å²) in [4.78, 5) is 73.2. The average Bonchev–Trinajstić information content (AvgIpc) is 1.03. The van der Waals surface area contributed by atoms with Crippen molar-refractivity contribution in [1.82, 2.24) is 0 Å². The van der Waals surface area contributed by atoms with E-state index in [1.165, 1.54) is 257 Å². The zero-order chi connectivity index (χ0) is 76.5. The van der Waals surface area contributed by atoms with Gasteiger partial charge in [0.15, 0.2) is 12.2 Å². The molecule has 0 aliphatic carbocycles. The predicted octanol–water partition coefficient (Wildman–Crippen LogP) is 25.7. The Kier molecular flexibility index (Phi) is 73.7. The molecule has 0 heterocycles. The Labute approximate surface area is 638 Å². The van der Waals surface area contributed by atoms with E-state index in [2.05, 4.69) is 48.5 Å². The number of carbonyl (C=O) groups excluding carboxylic acids is 4. The second-order valence-electron chi connectivity index (χ2n) is 31.8. The van der Waals surface area contributed by atoms with Gasteiger partial charge < -0.3 is 33.8 Å². The Balaban J connectivity index is 5.23. The third-order valence-corrected chi connectivity index (χ3v) is 22.1. The SMILES string of the molecule is CCCCCCCCCCCCC(=O)OC[C@H](COP(=O)(O)OC[C@H](O)COP(=O)(O)OC[C@@H](COC(=O)CCCCCCCCCCCCCCCCC(C)CC)OC(=O)CCCCCCCCCCCCCCCCCCCCC(C)C)OC(=O)CCCCCCCCCCCCCCC(C)C. The van der Waals surface area contributed by atoms with Crippen molar-refractivity contribution in [3.05, 3.63) is 0 Å². The van der Waals surface area contributed by atoms with E-state index < -0.39 is 97.5 Å². The lowest BCUT2D eigenvalue weighted by Gasteiger charge is -2.21. The number of aliphatic hydroxyl groups excluding tert-OH is 1. The molecule has 618 valence electrons. The molecule has 0 rings (SSSR count). The molecule has 0 aromatic heterocycles. The zero-order valence-electron chi connectivity index (χ0n) is 68.5. The molecule has 0 spiro atoms. The van der Waals surface area contributed by atoms with Crippen molar-refractivity contribution < 1.29 is 80.2 Å². The molecule has 0 aliphatic heterocycles. The number of esters is 4. The van der Waals surface area contributed by atoms with Crippen molar-refractivity contribution in [1.29, 1.82) is 0 Å². The van der Waals surface area contributed by atoms with Crippen molar-refractivity contribution in [3.8, 4) is 0 Å². The molecule has 3 unspecified atom stereocenters. The Bertz CT molecular complexity index is 2010. The van der Waals surface area contributed by atoms with Crippen molar-refractivity contribution >= 4 is 39.5 Å². The highest BCUT2D eigenvalue weighted by molar-refractivity contribution is 7.47. The number of phosphoric acid groups is 2. The highest BCUT2D eigenvalue weighted by atomic mass is 31.2. The fraction of sp³-hybridized carbons (Fsp3) is 0.953. The van der Waals surface area contributed by atoms with Crippen molar-refractivity contribution in [2.75, 3.05) is 39.6 Å². The van der Waals surface area contributed by atoms with Crippen molar-refractivity contribution in [2.45, 2.75) is 465 Å². The van der Waals surface area contributed by atoms with Crippen LogP contribution in [0, 0.1) is 17.8 Å². The monoisotopic (exact) mass is 1520 g/mol. The van der Waals surface area contributed by atoms with Gasteiger partial charge in [-0.2, -0.15) is 0 Å². The molecule has 104 heavy (non-hydrogen) atoms.